The molecule has 0 aromatic heterocycles. The van der Waals surface area contributed by atoms with Gasteiger partial charge in [0.2, 0.25) is 11.8 Å². The summed E-state index contributed by atoms with van der Waals surface area (Å²) in [6.45, 7) is 1.04. The predicted molar refractivity (Wildman–Crippen MR) is 167 cm³/mol. The largest absolute Gasteiger partial charge is 0.357 e. The molecule has 1 N–H and O–H groups in total. The minimum atomic E-state index is -4.33. The summed E-state index contributed by atoms with van der Waals surface area (Å²) in [7, 11) is -2.88. The third kappa shape index (κ3) is 7.73. The van der Waals surface area contributed by atoms with Crippen molar-refractivity contribution in [3.05, 3.63) is 130 Å². The molecule has 0 fully saturated rings. The number of rotatable bonds is 11. The first-order chi connectivity index (χ1) is 20.5. The van der Waals surface area contributed by atoms with Gasteiger partial charge in [0, 0.05) is 20.0 Å². The molecule has 2 amide bonds. The molecule has 0 aliphatic carbocycles. The van der Waals surface area contributed by atoms with Crippen LogP contribution in [0.5, 0.6) is 0 Å². The van der Waals surface area contributed by atoms with E-state index < -0.39 is 40.2 Å². The summed E-state index contributed by atoms with van der Waals surface area (Å²) in [6.07, 6.45) is 0.149. The summed E-state index contributed by atoms with van der Waals surface area (Å²) in [5.74, 6) is -1.59. The van der Waals surface area contributed by atoms with Crippen LogP contribution in [0.25, 0.3) is 0 Å². The Morgan fingerprint density at radius 3 is 2.14 bits per heavy atom. The van der Waals surface area contributed by atoms with Crippen LogP contribution in [0.15, 0.2) is 102 Å². The lowest BCUT2D eigenvalue weighted by atomic mass is 10.0. The zero-order valence-corrected chi connectivity index (χ0v) is 25.8. The Labute approximate surface area is 260 Å². The van der Waals surface area contributed by atoms with Crippen LogP contribution in [-0.4, -0.2) is 44.8 Å². The van der Waals surface area contributed by atoms with E-state index >= 15 is 0 Å². The molecule has 224 valence electrons. The van der Waals surface area contributed by atoms with Gasteiger partial charge in [-0.15, -0.1) is 0 Å². The van der Waals surface area contributed by atoms with Gasteiger partial charge < -0.3 is 10.2 Å². The number of benzene rings is 4. The molecular formula is C32H30Cl2FN3O4S. The smallest absolute Gasteiger partial charge is 0.264 e. The van der Waals surface area contributed by atoms with E-state index in [4.69, 9.17) is 23.2 Å². The van der Waals surface area contributed by atoms with Crippen molar-refractivity contribution in [1.82, 2.24) is 10.2 Å². The number of nitrogens with zero attached hydrogens (tertiary/aromatic N) is 2. The average Bonchev–Trinajstić information content (AvgIpc) is 3.00. The van der Waals surface area contributed by atoms with Crippen molar-refractivity contribution in [3.8, 4) is 0 Å². The maximum atomic E-state index is 14.3. The number of sulfonamides is 1. The van der Waals surface area contributed by atoms with E-state index in [2.05, 4.69) is 5.32 Å². The van der Waals surface area contributed by atoms with Gasteiger partial charge in [-0.3, -0.25) is 13.9 Å². The second-order valence-corrected chi connectivity index (χ2v) is 12.5. The Hall–Kier alpha value is -3.92. The molecule has 0 bridgehead atoms. The molecular weight excluding hydrogens is 612 g/mol. The number of aryl methyl sites for hydroxylation is 1. The zero-order valence-electron chi connectivity index (χ0n) is 23.5. The van der Waals surface area contributed by atoms with Crippen LogP contribution in [0.1, 0.15) is 16.7 Å². The van der Waals surface area contributed by atoms with E-state index in [1.807, 2.05) is 37.3 Å². The molecule has 7 nitrogen and oxygen atoms in total. The van der Waals surface area contributed by atoms with Crippen molar-refractivity contribution in [2.24, 2.45) is 0 Å². The molecule has 0 saturated heterocycles. The second kappa shape index (κ2) is 14.0. The Balaban J connectivity index is 1.81. The highest BCUT2D eigenvalue weighted by atomic mass is 35.5. The van der Waals surface area contributed by atoms with Crippen LogP contribution < -0.4 is 9.62 Å². The van der Waals surface area contributed by atoms with Gasteiger partial charge in [-0.25, -0.2) is 12.8 Å². The lowest BCUT2D eigenvalue weighted by molar-refractivity contribution is -0.139. The van der Waals surface area contributed by atoms with E-state index in [0.29, 0.717) is 5.56 Å². The van der Waals surface area contributed by atoms with Crippen molar-refractivity contribution in [1.29, 1.82) is 0 Å². The van der Waals surface area contributed by atoms with Crippen molar-refractivity contribution in [2.45, 2.75) is 30.8 Å². The lowest BCUT2D eigenvalue weighted by Gasteiger charge is -2.33. The van der Waals surface area contributed by atoms with E-state index in [1.54, 1.807) is 12.1 Å². The third-order valence-electron chi connectivity index (χ3n) is 6.87. The van der Waals surface area contributed by atoms with Crippen molar-refractivity contribution < 1.29 is 22.4 Å². The standard InChI is InChI=1S/C32H30Cl2FN3O4S/c1-22-11-17-26(18-12-22)43(41,42)38(28-10-6-9-27(33)31(28)34)21-30(39)37(20-24-13-15-25(35)16-14-24)29(32(40)36-2)19-23-7-4-3-5-8-23/h3-18,29H,19-21H2,1-2H3,(H,36,40)/t29-/m0/s1. The van der Waals surface area contributed by atoms with E-state index in [9.17, 15) is 22.4 Å². The van der Waals surface area contributed by atoms with Gasteiger partial charge in [-0.1, -0.05) is 89.4 Å². The molecule has 0 aliphatic rings. The highest BCUT2D eigenvalue weighted by Crippen LogP contribution is 2.35. The van der Waals surface area contributed by atoms with Crippen LogP contribution >= 0.6 is 23.2 Å². The maximum absolute atomic E-state index is 14.3. The lowest BCUT2D eigenvalue weighted by Crippen LogP contribution is -2.53. The summed E-state index contributed by atoms with van der Waals surface area (Å²) in [5, 5.41) is 2.67. The SMILES string of the molecule is CNC(=O)[C@H](Cc1ccccc1)N(Cc1ccc(F)cc1)C(=O)CN(c1cccc(Cl)c1Cl)S(=O)(=O)c1ccc(C)cc1. The van der Waals surface area contributed by atoms with Crippen LogP contribution in [-0.2, 0) is 32.6 Å². The fraction of sp³-hybridized carbons (Fsp3) is 0.188. The van der Waals surface area contributed by atoms with E-state index in [0.717, 1.165) is 15.4 Å². The van der Waals surface area contributed by atoms with Crippen LogP contribution in [0.2, 0.25) is 10.0 Å². The molecule has 4 aromatic rings. The first-order valence-electron chi connectivity index (χ1n) is 13.3. The molecule has 0 saturated carbocycles. The number of carbonyl (C=O) groups excluding carboxylic acids is 2. The van der Waals surface area contributed by atoms with Crippen LogP contribution in [0.4, 0.5) is 10.1 Å². The average molecular weight is 643 g/mol. The Morgan fingerprint density at radius 2 is 1.51 bits per heavy atom. The topological polar surface area (TPSA) is 86.8 Å². The monoisotopic (exact) mass is 641 g/mol. The number of carbonyl (C=O) groups is 2. The van der Waals surface area contributed by atoms with E-state index in [1.165, 1.54) is 66.5 Å². The molecule has 43 heavy (non-hydrogen) atoms. The molecule has 0 radical (unpaired) electrons. The molecule has 0 aliphatic heterocycles. The minimum absolute atomic E-state index is 0.00405. The number of nitrogens with one attached hydrogen (secondary N) is 1. The summed E-state index contributed by atoms with van der Waals surface area (Å²) in [4.78, 5) is 28.8. The highest BCUT2D eigenvalue weighted by molar-refractivity contribution is 7.92. The van der Waals surface area contributed by atoms with E-state index in [-0.39, 0.29) is 33.6 Å². The van der Waals surface area contributed by atoms with Crippen LogP contribution in [0.3, 0.4) is 0 Å². The summed E-state index contributed by atoms with van der Waals surface area (Å²) in [6, 6.07) is 24.3. The molecule has 0 unspecified atom stereocenters. The number of amides is 2. The summed E-state index contributed by atoms with van der Waals surface area (Å²) < 4.78 is 42.7. The maximum Gasteiger partial charge on any atom is 0.264 e. The number of hydrogen-bond donors (Lipinski definition) is 1. The van der Waals surface area contributed by atoms with Crippen molar-refractivity contribution >= 4 is 50.7 Å². The minimum Gasteiger partial charge on any atom is -0.357 e. The van der Waals surface area contributed by atoms with Gasteiger partial charge in [0.1, 0.15) is 18.4 Å². The second-order valence-electron chi connectivity index (χ2n) is 9.87. The zero-order chi connectivity index (χ0) is 31.1. The van der Waals surface area contributed by atoms with Gasteiger partial charge >= 0.3 is 0 Å². The molecule has 4 aromatic carbocycles. The van der Waals surface area contributed by atoms with Gasteiger partial charge in [0.25, 0.3) is 10.0 Å². The molecule has 1 atom stereocenters. The Kier molecular flexibility index (Phi) is 10.4. The fourth-order valence-electron chi connectivity index (χ4n) is 4.54. The van der Waals surface area contributed by atoms with Gasteiger partial charge in [0.05, 0.1) is 20.6 Å². The Morgan fingerprint density at radius 1 is 0.860 bits per heavy atom. The molecule has 0 heterocycles. The highest BCUT2D eigenvalue weighted by Gasteiger charge is 2.35. The van der Waals surface area contributed by atoms with Gasteiger partial charge in [0.15, 0.2) is 0 Å². The normalized spacial score (nSPS) is 11.9. The number of hydrogen-bond acceptors (Lipinski definition) is 4. The molecule has 11 heteroatoms. The van der Waals surface area contributed by atoms with Crippen LogP contribution in [0, 0.1) is 12.7 Å². The molecule has 4 rings (SSSR count). The summed E-state index contributed by atoms with van der Waals surface area (Å²) >= 11 is 12.8. The number of anilines is 1. The van der Waals surface area contributed by atoms with Crippen molar-refractivity contribution in [3.63, 3.8) is 0 Å². The van der Waals surface area contributed by atoms with Crippen molar-refractivity contribution in [2.75, 3.05) is 17.9 Å². The third-order valence-corrected chi connectivity index (χ3v) is 9.45. The summed E-state index contributed by atoms with van der Waals surface area (Å²) in [5.41, 5.74) is 2.19. The van der Waals surface area contributed by atoms with Gasteiger partial charge in [-0.05, 0) is 54.4 Å². The predicted octanol–water partition coefficient (Wildman–Crippen LogP) is 6.02. The number of likely N-dealkylation sites (N-methyl/N-ethyl adjacent to an activating group) is 1. The Bertz CT molecular complexity index is 1690. The first kappa shape index (κ1) is 32.0. The quantitative estimate of drug-likeness (QED) is 0.217. The molecule has 0 spiro atoms. The number of halogens is 3. The van der Waals surface area contributed by atoms with Gasteiger partial charge in [-0.2, -0.15) is 0 Å². The fourth-order valence-corrected chi connectivity index (χ4v) is 6.42. The first-order valence-corrected chi connectivity index (χ1v) is 15.5.